The van der Waals surface area contributed by atoms with Gasteiger partial charge in [-0.3, -0.25) is 4.79 Å². The lowest BCUT2D eigenvalue weighted by atomic mass is 9.35. The summed E-state index contributed by atoms with van der Waals surface area (Å²) in [5, 5.41) is 53.0. The number of hydrogen-bond donors (Lipinski definition) is 5. The molecule has 6 rings (SSSR count). The van der Waals surface area contributed by atoms with Crippen LogP contribution < -0.4 is 0 Å². The Hall–Kier alpha value is -0.650. The Morgan fingerprint density at radius 3 is 2.16 bits per heavy atom. The first-order valence-corrected chi connectivity index (χ1v) is 17.6. The van der Waals surface area contributed by atoms with Crippen LogP contribution in [-0.4, -0.2) is 92.0 Å². The number of ketones is 1. The number of aliphatic hydroxyl groups excluding tert-OH is 4. The van der Waals surface area contributed by atoms with Crippen LogP contribution >= 0.6 is 0 Å². The van der Waals surface area contributed by atoms with E-state index in [0.29, 0.717) is 12.2 Å². The third-order valence-electron chi connectivity index (χ3n) is 15.2. The predicted molar refractivity (Wildman–Crippen MR) is 167 cm³/mol. The highest BCUT2D eigenvalue weighted by Gasteiger charge is 2.72. The third-order valence-corrected chi connectivity index (χ3v) is 15.2. The van der Waals surface area contributed by atoms with E-state index in [1.54, 1.807) is 0 Å². The molecule has 6 fully saturated rings. The highest BCUT2D eigenvalue weighted by atomic mass is 16.7. The molecular formula is C36H60O9. The van der Waals surface area contributed by atoms with Crippen molar-refractivity contribution in [3.8, 4) is 0 Å². The standard InChI is InChI=1S/C36H60O9/c1-31(2)22-10-15-34(6)23(33(22,5)13-11-24(31)38)17-20(43-30-29(41)28(40)27(39)21(18-37)44-30)26-19(9-14-35(26,34)7)36(8)16-12-25(45-36)32(3,4)42/h19-23,25-30,37,39-42H,9-18H2,1-8H3/t19-,20+,21+,22-,23+,25+,26-,27+,28-,29+,30+,33-,34+,35+,36-/m0/s1. The molecule has 2 aliphatic heterocycles. The second kappa shape index (κ2) is 10.9. The fraction of sp³-hybridized carbons (Fsp3) is 0.972. The molecule has 2 saturated heterocycles. The smallest absolute Gasteiger partial charge is 0.186 e. The van der Waals surface area contributed by atoms with Gasteiger partial charge in [0.25, 0.3) is 0 Å². The highest BCUT2D eigenvalue weighted by Crippen LogP contribution is 2.76. The van der Waals surface area contributed by atoms with Crippen LogP contribution in [0.4, 0.5) is 0 Å². The van der Waals surface area contributed by atoms with Crippen LogP contribution in [0, 0.1) is 45.3 Å². The molecule has 4 aliphatic carbocycles. The first-order chi connectivity index (χ1) is 20.7. The summed E-state index contributed by atoms with van der Waals surface area (Å²) >= 11 is 0. The normalized spacial score (nSPS) is 54.8. The number of rotatable bonds is 5. The maximum Gasteiger partial charge on any atom is 0.186 e. The molecule has 15 atom stereocenters. The van der Waals surface area contributed by atoms with E-state index in [0.717, 1.165) is 51.4 Å². The molecule has 45 heavy (non-hydrogen) atoms. The minimum atomic E-state index is -1.51. The van der Waals surface area contributed by atoms with Crippen LogP contribution in [0.2, 0.25) is 0 Å². The quantitative estimate of drug-likeness (QED) is 0.285. The van der Waals surface area contributed by atoms with Crippen molar-refractivity contribution in [1.29, 1.82) is 0 Å². The number of Topliss-reactive ketones (excluding diaryl/α,β-unsaturated/α-hetero) is 1. The minimum absolute atomic E-state index is 0.0199. The van der Waals surface area contributed by atoms with Crippen molar-refractivity contribution < 1.29 is 44.5 Å². The Balaban J connectivity index is 1.41. The molecule has 0 spiro atoms. The summed E-state index contributed by atoms with van der Waals surface area (Å²) < 4.78 is 19.6. The average molecular weight is 637 g/mol. The van der Waals surface area contributed by atoms with Gasteiger partial charge in [-0.15, -0.1) is 0 Å². The molecule has 6 aliphatic rings. The third kappa shape index (κ3) is 4.87. The van der Waals surface area contributed by atoms with Crippen LogP contribution in [-0.2, 0) is 19.0 Å². The zero-order valence-electron chi connectivity index (χ0n) is 28.8. The molecule has 0 bridgehead atoms. The van der Waals surface area contributed by atoms with Crippen molar-refractivity contribution in [1.82, 2.24) is 0 Å². The van der Waals surface area contributed by atoms with Crippen molar-refractivity contribution in [2.24, 2.45) is 45.3 Å². The van der Waals surface area contributed by atoms with Crippen LogP contribution in [0.5, 0.6) is 0 Å². The first-order valence-electron chi connectivity index (χ1n) is 17.6. The summed E-state index contributed by atoms with van der Waals surface area (Å²) in [7, 11) is 0. The van der Waals surface area contributed by atoms with Gasteiger partial charge in [-0.2, -0.15) is 0 Å². The highest BCUT2D eigenvalue weighted by molar-refractivity contribution is 5.85. The molecule has 9 heteroatoms. The van der Waals surface area contributed by atoms with E-state index in [1.165, 1.54) is 0 Å². The van der Waals surface area contributed by atoms with Gasteiger partial charge in [0.15, 0.2) is 6.29 Å². The Morgan fingerprint density at radius 1 is 0.867 bits per heavy atom. The van der Waals surface area contributed by atoms with Gasteiger partial charge < -0.3 is 39.7 Å². The van der Waals surface area contributed by atoms with Crippen molar-refractivity contribution >= 4 is 5.78 Å². The van der Waals surface area contributed by atoms with Crippen LogP contribution in [0.1, 0.15) is 113 Å². The van der Waals surface area contributed by atoms with Crippen LogP contribution in [0.3, 0.4) is 0 Å². The van der Waals surface area contributed by atoms with Gasteiger partial charge in [0.2, 0.25) is 0 Å². The van der Waals surface area contributed by atoms with Crippen molar-refractivity contribution in [3.63, 3.8) is 0 Å². The zero-order chi connectivity index (χ0) is 33.1. The van der Waals surface area contributed by atoms with Crippen LogP contribution in [0.15, 0.2) is 0 Å². The molecule has 258 valence electrons. The van der Waals surface area contributed by atoms with E-state index in [1.807, 2.05) is 13.8 Å². The molecule has 9 nitrogen and oxygen atoms in total. The Kier molecular flexibility index (Phi) is 8.31. The van der Waals surface area contributed by atoms with Gasteiger partial charge in [-0.25, -0.2) is 0 Å². The maximum absolute atomic E-state index is 13.2. The summed E-state index contributed by atoms with van der Waals surface area (Å²) in [5.41, 5.74) is -2.05. The fourth-order valence-electron chi connectivity index (χ4n) is 12.3. The molecule has 0 unspecified atom stereocenters. The lowest BCUT2D eigenvalue weighted by Crippen LogP contribution is -2.67. The largest absolute Gasteiger partial charge is 0.394 e. The SMILES string of the molecule is CC(C)(O)[C@H]1CC[C@@](C)([C@H]2CC[C@]3(C)[C@@H]2[C@H](O[C@@H]2O[C@H](CO)[C@@H](O)[C@H](O)[C@H]2O)C[C@@H]2[C@@]4(C)CCC(=O)C(C)(C)[C@@H]4CC[C@]23C)O1. The monoisotopic (exact) mass is 636 g/mol. The van der Waals surface area contributed by atoms with E-state index < -0.39 is 53.9 Å². The maximum atomic E-state index is 13.2. The first kappa shape index (κ1) is 34.2. The van der Waals surface area contributed by atoms with E-state index in [2.05, 4.69) is 41.5 Å². The molecule has 4 saturated carbocycles. The fourth-order valence-corrected chi connectivity index (χ4v) is 12.3. The zero-order valence-corrected chi connectivity index (χ0v) is 28.8. The van der Waals surface area contributed by atoms with E-state index >= 15 is 0 Å². The predicted octanol–water partition coefficient (Wildman–Crippen LogP) is 3.74. The van der Waals surface area contributed by atoms with E-state index in [4.69, 9.17) is 14.2 Å². The van der Waals surface area contributed by atoms with Crippen LogP contribution in [0.25, 0.3) is 0 Å². The molecule has 0 aromatic heterocycles. The second-order valence-electron chi connectivity index (χ2n) is 18.0. The van der Waals surface area contributed by atoms with Crippen molar-refractivity contribution in [3.05, 3.63) is 0 Å². The Morgan fingerprint density at radius 2 is 1.53 bits per heavy atom. The summed E-state index contributed by atoms with van der Waals surface area (Å²) in [6.07, 6.45) is 0.485. The summed E-state index contributed by atoms with van der Waals surface area (Å²) in [6, 6.07) is 0. The van der Waals surface area contributed by atoms with Gasteiger partial charge in [0, 0.05) is 11.8 Å². The number of carbonyl (C=O) groups excluding carboxylic acids is 1. The topological polar surface area (TPSA) is 146 Å². The summed E-state index contributed by atoms with van der Waals surface area (Å²) in [4.78, 5) is 13.2. The average Bonchev–Trinajstić information content (AvgIpc) is 3.55. The number of hydrogen-bond acceptors (Lipinski definition) is 9. The molecule has 0 aromatic carbocycles. The summed E-state index contributed by atoms with van der Waals surface area (Å²) in [5.74, 6) is 1.06. The van der Waals surface area contributed by atoms with E-state index in [9.17, 15) is 30.3 Å². The lowest BCUT2D eigenvalue weighted by molar-refractivity contribution is -0.334. The Bertz CT molecular complexity index is 1150. The molecule has 5 N–H and O–H groups in total. The number of fused-ring (bicyclic) bond motifs is 5. The van der Waals surface area contributed by atoms with Crippen molar-refractivity contribution in [2.75, 3.05) is 6.61 Å². The second-order valence-corrected chi connectivity index (χ2v) is 18.0. The van der Waals surface area contributed by atoms with Gasteiger partial charge in [-0.05, 0) is 112 Å². The lowest BCUT2D eigenvalue weighted by Gasteiger charge is -2.70. The van der Waals surface area contributed by atoms with E-state index in [-0.39, 0.29) is 52.1 Å². The molecule has 0 aromatic rings. The molecule has 2 heterocycles. The Labute approximate surface area is 269 Å². The van der Waals surface area contributed by atoms with Crippen molar-refractivity contribution in [2.45, 2.75) is 167 Å². The molecular weight excluding hydrogens is 576 g/mol. The van der Waals surface area contributed by atoms with Gasteiger partial charge in [0.05, 0.1) is 30.0 Å². The van der Waals surface area contributed by atoms with Gasteiger partial charge >= 0.3 is 0 Å². The summed E-state index contributed by atoms with van der Waals surface area (Å²) in [6.45, 7) is 16.9. The number of aliphatic hydroxyl groups is 5. The van der Waals surface area contributed by atoms with Gasteiger partial charge in [0.1, 0.15) is 30.2 Å². The number of ether oxygens (including phenoxy) is 3. The number of carbonyl (C=O) groups is 1. The minimum Gasteiger partial charge on any atom is -0.394 e. The molecule has 0 amide bonds. The van der Waals surface area contributed by atoms with Gasteiger partial charge in [-0.1, -0.05) is 34.6 Å². The molecule has 0 radical (unpaired) electrons.